The van der Waals surface area contributed by atoms with Crippen LogP contribution in [-0.4, -0.2) is 44.6 Å². The predicted octanol–water partition coefficient (Wildman–Crippen LogP) is 3.32. The van der Waals surface area contributed by atoms with Crippen molar-refractivity contribution in [2.45, 2.75) is 26.3 Å². The van der Waals surface area contributed by atoms with Gasteiger partial charge in [0.1, 0.15) is 18.2 Å². The van der Waals surface area contributed by atoms with Gasteiger partial charge in [0.15, 0.2) is 5.82 Å². The number of nitrogens with zero attached hydrogens (tertiary/aromatic N) is 3. The first-order chi connectivity index (χ1) is 13.7. The third-order valence-corrected chi connectivity index (χ3v) is 4.44. The van der Waals surface area contributed by atoms with Crippen molar-refractivity contribution in [1.82, 2.24) is 30.7 Å². The van der Waals surface area contributed by atoms with Crippen LogP contribution in [0.2, 0.25) is 0 Å². The molecule has 7 nitrogen and oxygen atoms in total. The van der Waals surface area contributed by atoms with Gasteiger partial charge in [0, 0.05) is 30.0 Å². The van der Waals surface area contributed by atoms with Crippen LogP contribution in [0, 0.1) is 0 Å². The standard InChI is InChI=1S/C21H24N6O/c1-14(2)22-9-10-28-18-6-4-16(5-7-18)21-24-20(26-27-21)12-15-3-8-19-17(11-15)13-23-25-19/h3-8,11,13-14,22H,9-10,12H2,1-2H3,(H,23,25)(H,24,26,27). The fourth-order valence-electron chi connectivity index (χ4n) is 3.02. The molecule has 0 radical (unpaired) electrons. The SMILES string of the molecule is CC(C)NCCOc1ccc(-c2n[nH]c(Cc3ccc4[nH]ncc4c3)n2)cc1. The van der Waals surface area contributed by atoms with E-state index in [1.54, 1.807) is 0 Å². The van der Waals surface area contributed by atoms with Gasteiger partial charge in [0.05, 0.1) is 11.7 Å². The lowest BCUT2D eigenvalue weighted by atomic mass is 10.1. The minimum Gasteiger partial charge on any atom is -0.492 e. The molecule has 0 aliphatic heterocycles. The van der Waals surface area contributed by atoms with Crippen molar-refractivity contribution in [3.8, 4) is 17.1 Å². The van der Waals surface area contributed by atoms with Gasteiger partial charge in [-0.2, -0.15) is 10.2 Å². The zero-order valence-corrected chi connectivity index (χ0v) is 16.1. The van der Waals surface area contributed by atoms with Crippen LogP contribution in [0.4, 0.5) is 0 Å². The van der Waals surface area contributed by atoms with Crippen LogP contribution in [0.3, 0.4) is 0 Å². The van der Waals surface area contributed by atoms with Crippen LogP contribution in [0.1, 0.15) is 25.2 Å². The minimum absolute atomic E-state index is 0.465. The number of fused-ring (bicyclic) bond motifs is 1. The van der Waals surface area contributed by atoms with Gasteiger partial charge < -0.3 is 10.1 Å². The van der Waals surface area contributed by atoms with Crippen molar-refractivity contribution in [2.24, 2.45) is 0 Å². The normalized spacial score (nSPS) is 11.4. The summed E-state index contributed by atoms with van der Waals surface area (Å²) in [5.74, 6) is 2.36. The molecule has 0 saturated heterocycles. The van der Waals surface area contributed by atoms with Crippen molar-refractivity contribution >= 4 is 10.9 Å². The van der Waals surface area contributed by atoms with E-state index in [0.29, 0.717) is 24.9 Å². The summed E-state index contributed by atoms with van der Waals surface area (Å²) < 4.78 is 5.74. The number of nitrogens with one attached hydrogen (secondary N) is 3. The third-order valence-electron chi connectivity index (χ3n) is 4.44. The van der Waals surface area contributed by atoms with Crippen molar-refractivity contribution < 1.29 is 4.74 Å². The number of H-pyrrole nitrogens is 2. The fraction of sp³-hybridized carbons (Fsp3) is 0.286. The highest BCUT2D eigenvalue weighted by atomic mass is 16.5. The average Bonchev–Trinajstić information content (AvgIpc) is 3.35. The van der Waals surface area contributed by atoms with E-state index in [4.69, 9.17) is 4.74 Å². The maximum absolute atomic E-state index is 5.74. The molecule has 0 aliphatic carbocycles. The van der Waals surface area contributed by atoms with Crippen LogP contribution in [0.5, 0.6) is 5.75 Å². The zero-order chi connectivity index (χ0) is 19.3. The summed E-state index contributed by atoms with van der Waals surface area (Å²) in [7, 11) is 0. The lowest BCUT2D eigenvalue weighted by Gasteiger charge is -2.09. The van der Waals surface area contributed by atoms with Crippen molar-refractivity contribution in [2.75, 3.05) is 13.2 Å². The molecule has 3 N–H and O–H groups in total. The Bertz CT molecular complexity index is 1030. The monoisotopic (exact) mass is 376 g/mol. The number of aromatic nitrogens is 5. The summed E-state index contributed by atoms with van der Waals surface area (Å²) in [6, 6.07) is 14.5. The van der Waals surface area contributed by atoms with Crippen LogP contribution >= 0.6 is 0 Å². The molecule has 7 heteroatoms. The Balaban J connectivity index is 1.38. The topological polar surface area (TPSA) is 91.5 Å². The molecule has 2 aromatic carbocycles. The first kappa shape index (κ1) is 18.2. The molecule has 0 amide bonds. The maximum atomic E-state index is 5.74. The van der Waals surface area contributed by atoms with Crippen molar-refractivity contribution in [3.63, 3.8) is 0 Å². The average molecular weight is 376 g/mol. The van der Waals surface area contributed by atoms with E-state index in [9.17, 15) is 0 Å². The Kier molecular flexibility index (Phi) is 5.34. The fourth-order valence-corrected chi connectivity index (χ4v) is 3.02. The smallest absolute Gasteiger partial charge is 0.181 e. The van der Waals surface area contributed by atoms with E-state index in [0.717, 1.165) is 40.1 Å². The van der Waals surface area contributed by atoms with E-state index in [-0.39, 0.29) is 0 Å². The molecule has 0 bridgehead atoms. The molecule has 28 heavy (non-hydrogen) atoms. The summed E-state index contributed by atoms with van der Waals surface area (Å²) >= 11 is 0. The second-order valence-electron chi connectivity index (χ2n) is 7.06. The number of benzene rings is 2. The Morgan fingerprint density at radius 1 is 1.07 bits per heavy atom. The molecule has 4 rings (SSSR count). The predicted molar refractivity (Wildman–Crippen MR) is 109 cm³/mol. The molecule has 0 spiro atoms. The largest absolute Gasteiger partial charge is 0.492 e. The van der Waals surface area contributed by atoms with Gasteiger partial charge in [0.25, 0.3) is 0 Å². The minimum atomic E-state index is 0.465. The lowest BCUT2D eigenvalue weighted by molar-refractivity contribution is 0.309. The van der Waals surface area contributed by atoms with E-state index >= 15 is 0 Å². The summed E-state index contributed by atoms with van der Waals surface area (Å²) in [5, 5.41) is 18.8. The highest BCUT2D eigenvalue weighted by Crippen LogP contribution is 2.20. The molecule has 0 atom stereocenters. The first-order valence-electron chi connectivity index (χ1n) is 9.47. The highest BCUT2D eigenvalue weighted by Gasteiger charge is 2.08. The lowest BCUT2D eigenvalue weighted by Crippen LogP contribution is -2.27. The van der Waals surface area contributed by atoms with Gasteiger partial charge in [-0.25, -0.2) is 4.98 Å². The summed E-state index contributed by atoms with van der Waals surface area (Å²) in [5.41, 5.74) is 3.15. The highest BCUT2D eigenvalue weighted by molar-refractivity contribution is 5.78. The van der Waals surface area contributed by atoms with E-state index in [1.165, 1.54) is 0 Å². The van der Waals surface area contributed by atoms with Crippen LogP contribution in [0.25, 0.3) is 22.3 Å². The number of hydrogen-bond donors (Lipinski definition) is 3. The Morgan fingerprint density at radius 2 is 1.93 bits per heavy atom. The van der Waals surface area contributed by atoms with E-state index < -0.39 is 0 Å². The number of hydrogen-bond acceptors (Lipinski definition) is 5. The summed E-state index contributed by atoms with van der Waals surface area (Å²) in [6.45, 7) is 5.71. The molecular formula is C21H24N6O. The van der Waals surface area contributed by atoms with E-state index in [1.807, 2.05) is 36.5 Å². The Hall–Kier alpha value is -3.19. The third kappa shape index (κ3) is 4.37. The van der Waals surface area contributed by atoms with E-state index in [2.05, 4.69) is 56.7 Å². The molecule has 144 valence electrons. The Morgan fingerprint density at radius 3 is 2.75 bits per heavy atom. The Labute approximate surface area is 163 Å². The molecule has 2 aromatic heterocycles. The van der Waals surface area contributed by atoms with Gasteiger partial charge >= 0.3 is 0 Å². The van der Waals surface area contributed by atoms with Crippen LogP contribution < -0.4 is 10.1 Å². The molecule has 4 aromatic rings. The molecule has 0 unspecified atom stereocenters. The van der Waals surface area contributed by atoms with Gasteiger partial charge in [-0.3, -0.25) is 10.2 Å². The molecular weight excluding hydrogens is 352 g/mol. The number of aromatic amines is 2. The number of rotatable bonds is 8. The maximum Gasteiger partial charge on any atom is 0.181 e. The van der Waals surface area contributed by atoms with Gasteiger partial charge in [-0.05, 0) is 42.0 Å². The van der Waals surface area contributed by atoms with Crippen LogP contribution in [-0.2, 0) is 6.42 Å². The first-order valence-corrected chi connectivity index (χ1v) is 9.47. The van der Waals surface area contributed by atoms with Gasteiger partial charge in [-0.1, -0.05) is 19.9 Å². The quantitative estimate of drug-likeness (QED) is 0.410. The molecule has 0 saturated carbocycles. The summed E-state index contributed by atoms with van der Waals surface area (Å²) in [6.07, 6.45) is 2.52. The summed E-state index contributed by atoms with van der Waals surface area (Å²) in [4.78, 5) is 4.63. The van der Waals surface area contributed by atoms with Crippen molar-refractivity contribution in [1.29, 1.82) is 0 Å². The van der Waals surface area contributed by atoms with Gasteiger partial charge in [0.2, 0.25) is 0 Å². The second kappa shape index (κ2) is 8.22. The van der Waals surface area contributed by atoms with Gasteiger partial charge in [-0.15, -0.1) is 0 Å². The number of ether oxygens (including phenoxy) is 1. The van der Waals surface area contributed by atoms with Crippen LogP contribution in [0.15, 0.2) is 48.7 Å². The molecule has 0 aliphatic rings. The molecule has 2 heterocycles. The zero-order valence-electron chi connectivity index (χ0n) is 16.1. The van der Waals surface area contributed by atoms with Crippen molar-refractivity contribution in [3.05, 3.63) is 60.0 Å². The molecule has 0 fully saturated rings. The second-order valence-corrected chi connectivity index (χ2v) is 7.06.